The fourth-order valence-corrected chi connectivity index (χ4v) is 4.33. The largest absolute Gasteiger partial charge is 0.454 e. The topological polar surface area (TPSA) is 79.9 Å². The first kappa shape index (κ1) is 20.5. The van der Waals surface area contributed by atoms with Gasteiger partial charge in [0, 0.05) is 24.8 Å². The van der Waals surface area contributed by atoms with E-state index in [4.69, 9.17) is 9.47 Å². The quantitative estimate of drug-likeness (QED) is 0.783. The maximum atomic E-state index is 13.2. The van der Waals surface area contributed by atoms with Gasteiger partial charge in [0.25, 0.3) is 0 Å². The van der Waals surface area contributed by atoms with E-state index in [1.807, 2.05) is 12.1 Å². The number of ether oxygens (including phenoxy) is 2. The molecule has 0 aromatic heterocycles. The highest BCUT2D eigenvalue weighted by Gasteiger charge is 2.38. The van der Waals surface area contributed by atoms with Crippen LogP contribution in [0.1, 0.15) is 24.0 Å². The highest BCUT2D eigenvalue weighted by Crippen LogP contribution is 2.34. The van der Waals surface area contributed by atoms with Crippen LogP contribution in [0.2, 0.25) is 0 Å². The van der Waals surface area contributed by atoms with Crippen LogP contribution in [0.4, 0.5) is 5.69 Å². The van der Waals surface area contributed by atoms with Crippen molar-refractivity contribution in [3.63, 3.8) is 0 Å². The highest BCUT2D eigenvalue weighted by molar-refractivity contribution is 5.98. The predicted octanol–water partition coefficient (Wildman–Crippen LogP) is 2.48. The lowest BCUT2D eigenvalue weighted by Crippen LogP contribution is -2.53. The summed E-state index contributed by atoms with van der Waals surface area (Å²) >= 11 is 0. The minimum atomic E-state index is -0.452. The van der Waals surface area contributed by atoms with Gasteiger partial charge in [0.15, 0.2) is 11.5 Å². The third-order valence-corrected chi connectivity index (χ3v) is 5.86. The van der Waals surface area contributed by atoms with Crippen molar-refractivity contribution in [3.05, 3.63) is 53.6 Å². The van der Waals surface area contributed by atoms with Crippen LogP contribution in [0.25, 0.3) is 0 Å². The van der Waals surface area contributed by atoms with Crippen molar-refractivity contribution >= 4 is 29.9 Å². The Morgan fingerprint density at radius 3 is 2.73 bits per heavy atom. The molecule has 3 aliphatic heterocycles. The van der Waals surface area contributed by atoms with E-state index in [1.54, 1.807) is 23.1 Å². The second kappa shape index (κ2) is 8.53. The summed E-state index contributed by atoms with van der Waals surface area (Å²) in [6, 6.07) is 12.7. The molecule has 0 radical (unpaired) electrons. The molecule has 2 N–H and O–H groups in total. The Labute approximate surface area is 181 Å². The number of likely N-dealkylation sites (tertiary alicyclic amines) is 1. The van der Waals surface area contributed by atoms with Crippen LogP contribution in [-0.2, 0) is 22.6 Å². The van der Waals surface area contributed by atoms with Gasteiger partial charge in [0.05, 0.1) is 6.04 Å². The molecule has 2 amide bonds. The Bertz CT molecular complexity index is 967. The average molecular weight is 430 g/mol. The molecule has 2 aromatic carbocycles. The van der Waals surface area contributed by atoms with Gasteiger partial charge in [0.1, 0.15) is 6.04 Å². The Kier molecular flexibility index (Phi) is 5.83. The monoisotopic (exact) mass is 429 g/mol. The minimum absolute atomic E-state index is 0. The third-order valence-electron chi connectivity index (χ3n) is 5.86. The van der Waals surface area contributed by atoms with Crippen molar-refractivity contribution in [2.24, 2.45) is 0 Å². The molecule has 1 fully saturated rings. The van der Waals surface area contributed by atoms with Crippen LogP contribution in [0.15, 0.2) is 42.5 Å². The number of nitrogens with one attached hydrogen (secondary N) is 2. The van der Waals surface area contributed by atoms with Gasteiger partial charge in [-0.15, -0.1) is 12.4 Å². The first-order valence-electron chi connectivity index (χ1n) is 10.0. The molecule has 0 saturated carbocycles. The number of carbonyl (C=O) groups excluding carboxylic acids is 2. The van der Waals surface area contributed by atoms with Gasteiger partial charge in [0.2, 0.25) is 18.6 Å². The molecular weight excluding hydrogens is 406 g/mol. The molecule has 0 unspecified atom stereocenters. The van der Waals surface area contributed by atoms with E-state index in [2.05, 4.69) is 22.8 Å². The Morgan fingerprint density at radius 2 is 1.87 bits per heavy atom. The number of amides is 2. The smallest absolute Gasteiger partial charge is 0.247 e. The van der Waals surface area contributed by atoms with Gasteiger partial charge in [-0.2, -0.15) is 0 Å². The number of anilines is 1. The maximum Gasteiger partial charge on any atom is 0.247 e. The van der Waals surface area contributed by atoms with Crippen molar-refractivity contribution in [1.29, 1.82) is 0 Å². The fraction of sp³-hybridized carbons (Fsp3) is 0.364. The number of carbonyl (C=O) groups is 2. The standard InChI is InChI=1S/C22H23N3O4.ClH/c26-21(24-16-7-8-19-20(11-16)29-13-28-19)18-6-3-9-25(18)22(27)17-10-14-4-1-2-5-15(14)12-23-17;/h1-2,4-5,7-8,11,17-18,23H,3,6,9-10,12-13H2,(H,24,26);1H/t17-,18-;/m0./s1. The van der Waals surface area contributed by atoms with E-state index in [0.29, 0.717) is 43.1 Å². The summed E-state index contributed by atoms with van der Waals surface area (Å²) in [5.41, 5.74) is 3.07. The Balaban J connectivity index is 0.00000218. The summed E-state index contributed by atoms with van der Waals surface area (Å²) in [6.45, 7) is 1.47. The lowest BCUT2D eigenvalue weighted by molar-refractivity contribution is -0.138. The molecule has 1 saturated heterocycles. The van der Waals surface area contributed by atoms with Crippen molar-refractivity contribution in [2.45, 2.75) is 37.9 Å². The molecule has 2 aromatic rings. The van der Waals surface area contributed by atoms with Crippen LogP contribution >= 0.6 is 12.4 Å². The van der Waals surface area contributed by atoms with Crippen LogP contribution in [0, 0.1) is 0 Å². The van der Waals surface area contributed by atoms with Crippen LogP contribution < -0.4 is 20.1 Å². The number of fused-ring (bicyclic) bond motifs is 2. The summed E-state index contributed by atoms with van der Waals surface area (Å²) in [6.07, 6.45) is 2.15. The van der Waals surface area contributed by atoms with Gasteiger partial charge in [-0.3, -0.25) is 9.59 Å². The second-order valence-corrected chi connectivity index (χ2v) is 7.65. The molecular formula is C22H24ClN3O4. The fourth-order valence-electron chi connectivity index (χ4n) is 4.33. The zero-order valence-electron chi connectivity index (χ0n) is 16.4. The van der Waals surface area contributed by atoms with Gasteiger partial charge in [-0.25, -0.2) is 0 Å². The Morgan fingerprint density at radius 1 is 1.07 bits per heavy atom. The van der Waals surface area contributed by atoms with Gasteiger partial charge >= 0.3 is 0 Å². The van der Waals surface area contributed by atoms with E-state index in [0.717, 1.165) is 6.42 Å². The molecule has 8 heteroatoms. The molecule has 0 spiro atoms. The summed E-state index contributed by atoms with van der Waals surface area (Å²) in [4.78, 5) is 27.8. The number of rotatable bonds is 3. The number of hydrogen-bond donors (Lipinski definition) is 2. The van der Waals surface area contributed by atoms with Gasteiger partial charge < -0.3 is 25.0 Å². The van der Waals surface area contributed by atoms with Crippen molar-refractivity contribution in [2.75, 3.05) is 18.7 Å². The number of hydrogen-bond acceptors (Lipinski definition) is 5. The summed E-state index contributed by atoms with van der Waals surface area (Å²) < 4.78 is 10.7. The van der Waals surface area contributed by atoms with Crippen molar-refractivity contribution in [3.8, 4) is 11.5 Å². The number of nitrogens with zero attached hydrogens (tertiary/aromatic N) is 1. The van der Waals surface area contributed by atoms with Crippen LogP contribution in [-0.4, -0.2) is 42.1 Å². The first-order chi connectivity index (χ1) is 14.2. The van der Waals surface area contributed by atoms with Gasteiger partial charge in [-0.1, -0.05) is 24.3 Å². The number of halogens is 1. The van der Waals surface area contributed by atoms with E-state index in [1.165, 1.54) is 11.1 Å². The van der Waals surface area contributed by atoms with Gasteiger partial charge in [-0.05, 0) is 42.5 Å². The zero-order chi connectivity index (χ0) is 19.8. The second-order valence-electron chi connectivity index (χ2n) is 7.65. The molecule has 158 valence electrons. The third kappa shape index (κ3) is 3.82. The van der Waals surface area contributed by atoms with Crippen LogP contribution in [0.3, 0.4) is 0 Å². The van der Waals surface area contributed by atoms with Crippen LogP contribution in [0.5, 0.6) is 11.5 Å². The molecule has 2 atom stereocenters. The molecule has 30 heavy (non-hydrogen) atoms. The maximum absolute atomic E-state index is 13.2. The van der Waals surface area contributed by atoms with E-state index < -0.39 is 6.04 Å². The van der Waals surface area contributed by atoms with Crippen molar-refractivity contribution < 1.29 is 19.1 Å². The van der Waals surface area contributed by atoms with Crippen molar-refractivity contribution in [1.82, 2.24) is 10.2 Å². The zero-order valence-corrected chi connectivity index (χ0v) is 17.2. The first-order valence-corrected chi connectivity index (χ1v) is 10.0. The summed E-state index contributed by atoms with van der Waals surface area (Å²) in [5, 5.41) is 6.26. The Hall–Kier alpha value is -2.77. The molecule has 5 rings (SSSR count). The normalized spacial score (nSPS) is 21.5. The molecule has 0 bridgehead atoms. The molecule has 7 nitrogen and oxygen atoms in total. The van der Waals surface area contributed by atoms with E-state index in [-0.39, 0.29) is 37.1 Å². The molecule has 3 aliphatic rings. The average Bonchev–Trinajstić information content (AvgIpc) is 3.42. The predicted molar refractivity (Wildman–Crippen MR) is 114 cm³/mol. The number of benzene rings is 2. The lowest BCUT2D eigenvalue weighted by atomic mass is 9.95. The molecule has 0 aliphatic carbocycles. The molecule has 3 heterocycles. The summed E-state index contributed by atoms with van der Waals surface area (Å²) in [7, 11) is 0. The van der Waals surface area contributed by atoms with E-state index in [9.17, 15) is 9.59 Å². The highest BCUT2D eigenvalue weighted by atomic mass is 35.5. The summed E-state index contributed by atoms with van der Waals surface area (Å²) in [5.74, 6) is 1.13. The van der Waals surface area contributed by atoms with E-state index >= 15 is 0 Å². The SMILES string of the molecule is Cl.O=C(Nc1ccc2c(c1)OCO2)[C@@H]1CCCN1C(=O)[C@@H]1Cc2ccccc2CN1. The minimum Gasteiger partial charge on any atom is -0.454 e. The lowest BCUT2D eigenvalue weighted by Gasteiger charge is -2.31.